The van der Waals surface area contributed by atoms with Crippen LogP contribution in [0.2, 0.25) is 0 Å². The maximum absolute atomic E-state index is 13.4. The second-order valence-corrected chi connectivity index (χ2v) is 3.69. The molecule has 0 amide bonds. The number of anilines is 1. The van der Waals surface area contributed by atoms with Crippen LogP contribution in [-0.2, 0) is 0 Å². The molecule has 1 unspecified atom stereocenters. The molecule has 0 heterocycles. The van der Waals surface area contributed by atoms with Gasteiger partial charge in [0.15, 0.2) is 0 Å². The molecule has 0 bridgehead atoms. The second kappa shape index (κ2) is 5.25. The van der Waals surface area contributed by atoms with Crippen molar-refractivity contribution in [2.24, 2.45) is 0 Å². The van der Waals surface area contributed by atoms with Crippen LogP contribution < -0.4 is 4.90 Å². The van der Waals surface area contributed by atoms with Gasteiger partial charge in [-0.05, 0) is 19.1 Å². The molecule has 5 nitrogen and oxygen atoms in total. The van der Waals surface area contributed by atoms with Crippen molar-refractivity contribution >= 4 is 11.4 Å². The smallest absolute Gasteiger partial charge is 0.327 e. The number of nitro groups is 1. The van der Waals surface area contributed by atoms with Crippen molar-refractivity contribution in [3.8, 4) is 6.07 Å². The Kier molecular flexibility index (Phi) is 3.99. The van der Waals surface area contributed by atoms with E-state index in [1.807, 2.05) is 6.07 Å². The van der Waals surface area contributed by atoms with Crippen LogP contribution in [0.5, 0.6) is 0 Å². The summed E-state index contributed by atoms with van der Waals surface area (Å²) in [6.07, 6.45) is 0.212. The summed E-state index contributed by atoms with van der Waals surface area (Å²) >= 11 is 0. The van der Waals surface area contributed by atoms with Gasteiger partial charge in [-0.3, -0.25) is 10.1 Å². The third-order valence-electron chi connectivity index (χ3n) is 2.58. The van der Waals surface area contributed by atoms with Gasteiger partial charge in [0.1, 0.15) is 5.69 Å². The van der Waals surface area contributed by atoms with Gasteiger partial charge >= 0.3 is 5.69 Å². The van der Waals surface area contributed by atoms with Crippen molar-refractivity contribution in [1.29, 1.82) is 5.26 Å². The summed E-state index contributed by atoms with van der Waals surface area (Å²) < 4.78 is 13.4. The van der Waals surface area contributed by atoms with Gasteiger partial charge in [-0.2, -0.15) is 9.65 Å². The van der Waals surface area contributed by atoms with Gasteiger partial charge in [-0.1, -0.05) is 6.07 Å². The molecule has 1 aromatic carbocycles. The fourth-order valence-corrected chi connectivity index (χ4v) is 1.48. The van der Waals surface area contributed by atoms with Gasteiger partial charge in [0, 0.05) is 13.1 Å². The van der Waals surface area contributed by atoms with E-state index in [9.17, 15) is 14.5 Å². The average Bonchev–Trinajstić information content (AvgIpc) is 2.27. The molecule has 0 radical (unpaired) electrons. The highest BCUT2D eigenvalue weighted by Crippen LogP contribution is 2.31. The summed E-state index contributed by atoms with van der Waals surface area (Å²) in [5, 5.41) is 19.4. The maximum Gasteiger partial charge on any atom is 0.327 e. The molecular formula is C11H12FN3O2. The van der Waals surface area contributed by atoms with Crippen LogP contribution >= 0.6 is 0 Å². The van der Waals surface area contributed by atoms with Crippen molar-refractivity contribution in [3.63, 3.8) is 0 Å². The zero-order valence-electron chi connectivity index (χ0n) is 9.55. The van der Waals surface area contributed by atoms with E-state index in [1.165, 1.54) is 17.0 Å². The highest BCUT2D eigenvalue weighted by atomic mass is 19.1. The molecule has 1 aromatic rings. The van der Waals surface area contributed by atoms with E-state index in [4.69, 9.17) is 5.26 Å². The topological polar surface area (TPSA) is 70.2 Å². The fourth-order valence-electron chi connectivity index (χ4n) is 1.48. The van der Waals surface area contributed by atoms with Crippen LogP contribution in [0.25, 0.3) is 0 Å². The quantitative estimate of drug-likeness (QED) is 0.595. The van der Waals surface area contributed by atoms with Gasteiger partial charge in [0.2, 0.25) is 5.82 Å². The van der Waals surface area contributed by atoms with Gasteiger partial charge in [0.05, 0.1) is 17.4 Å². The van der Waals surface area contributed by atoms with E-state index in [0.717, 1.165) is 6.07 Å². The molecule has 0 aliphatic carbocycles. The molecule has 90 valence electrons. The highest BCUT2D eigenvalue weighted by Gasteiger charge is 2.24. The standard InChI is InChI=1S/C11H12FN3O2/c1-8(6-7-13)14(2)10-5-3-4-9(12)11(10)15(16)17/h3-5,8H,6H2,1-2H3. The van der Waals surface area contributed by atoms with Crippen LogP contribution in [0.3, 0.4) is 0 Å². The Bertz CT molecular complexity index is 470. The molecule has 0 saturated carbocycles. The van der Waals surface area contributed by atoms with Crippen LogP contribution in [-0.4, -0.2) is 18.0 Å². The van der Waals surface area contributed by atoms with Gasteiger partial charge in [-0.15, -0.1) is 0 Å². The first kappa shape index (κ1) is 12.9. The molecule has 1 atom stereocenters. The van der Waals surface area contributed by atoms with Gasteiger partial charge in [0.25, 0.3) is 0 Å². The lowest BCUT2D eigenvalue weighted by molar-refractivity contribution is -0.386. The van der Waals surface area contributed by atoms with Crippen LogP contribution in [0.4, 0.5) is 15.8 Å². The van der Waals surface area contributed by atoms with Crippen LogP contribution in [0.15, 0.2) is 18.2 Å². The van der Waals surface area contributed by atoms with Crippen molar-refractivity contribution in [2.45, 2.75) is 19.4 Å². The van der Waals surface area contributed by atoms with Crippen molar-refractivity contribution in [1.82, 2.24) is 0 Å². The molecule has 0 aliphatic heterocycles. The summed E-state index contributed by atoms with van der Waals surface area (Å²) in [5.74, 6) is -0.872. The lowest BCUT2D eigenvalue weighted by Gasteiger charge is -2.24. The summed E-state index contributed by atoms with van der Waals surface area (Å²) in [7, 11) is 1.60. The first-order valence-corrected chi connectivity index (χ1v) is 5.01. The van der Waals surface area contributed by atoms with E-state index in [0.29, 0.717) is 0 Å². The maximum atomic E-state index is 13.4. The Labute approximate surface area is 98.2 Å². The lowest BCUT2D eigenvalue weighted by Crippen LogP contribution is -2.29. The Hall–Kier alpha value is -2.16. The number of rotatable bonds is 4. The van der Waals surface area contributed by atoms with E-state index in [-0.39, 0.29) is 18.2 Å². The summed E-state index contributed by atoms with van der Waals surface area (Å²) in [5.41, 5.74) is -0.377. The van der Waals surface area contributed by atoms with E-state index in [2.05, 4.69) is 0 Å². The third-order valence-corrected chi connectivity index (χ3v) is 2.58. The van der Waals surface area contributed by atoms with Gasteiger partial charge < -0.3 is 4.90 Å². The van der Waals surface area contributed by atoms with Crippen LogP contribution in [0, 0.1) is 27.3 Å². The number of benzene rings is 1. The molecule has 1 rings (SSSR count). The number of halogens is 1. The highest BCUT2D eigenvalue weighted by molar-refractivity contribution is 5.63. The number of nitro benzene ring substituents is 1. The fraction of sp³-hybridized carbons (Fsp3) is 0.364. The molecule has 0 aromatic heterocycles. The predicted octanol–water partition coefficient (Wildman–Crippen LogP) is 2.47. The minimum atomic E-state index is -0.872. The first-order valence-electron chi connectivity index (χ1n) is 5.01. The number of para-hydroxylation sites is 1. The summed E-state index contributed by atoms with van der Waals surface area (Å²) in [6.45, 7) is 1.75. The predicted molar refractivity (Wildman–Crippen MR) is 61.1 cm³/mol. The number of hydrogen-bond donors (Lipinski definition) is 0. The van der Waals surface area contributed by atoms with Crippen LogP contribution in [0.1, 0.15) is 13.3 Å². The summed E-state index contributed by atoms with van der Waals surface area (Å²) in [6, 6.07) is 5.68. The van der Waals surface area contributed by atoms with E-state index in [1.54, 1.807) is 14.0 Å². The minimum absolute atomic E-state index is 0.178. The van der Waals surface area contributed by atoms with E-state index >= 15 is 0 Å². The van der Waals surface area contributed by atoms with Crippen molar-refractivity contribution in [3.05, 3.63) is 34.1 Å². The second-order valence-electron chi connectivity index (χ2n) is 3.69. The summed E-state index contributed by atoms with van der Waals surface area (Å²) in [4.78, 5) is 11.6. The lowest BCUT2D eigenvalue weighted by atomic mass is 10.1. The molecule has 6 heteroatoms. The van der Waals surface area contributed by atoms with E-state index < -0.39 is 16.4 Å². The Balaban J connectivity index is 3.18. The first-order chi connectivity index (χ1) is 7.99. The molecule has 0 fully saturated rings. The Morgan fingerprint density at radius 1 is 1.65 bits per heavy atom. The van der Waals surface area contributed by atoms with Gasteiger partial charge in [-0.25, -0.2) is 0 Å². The molecular weight excluding hydrogens is 225 g/mol. The Morgan fingerprint density at radius 3 is 2.82 bits per heavy atom. The monoisotopic (exact) mass is 237 g/mol. The Morgan fingerprint density at radius 2 is 2.29 bits per heavy atom. The molecule has 17 heavy (non-hydrogen) atoms. The number of hydrogen-bond acceptors (Lipinski definition) is 4. The molecule has 0 spiro atoms. The molecule has 0 aliphatic rings. The average molecular weight is 237 g/mol. The largest absolute Gasteiger partial charge is 0.365 e. The molecule has 0 saturated heterocycles. The third kappa shape index (κ3) is 2.69. The zero-order valence-corrected chi connectivity index (χ0v) is 9.55. The SMILES string of the molecule is CC(CC#N)N(C)c1cccc(F)c1[N+](=O)[O-]. The zero-order chi connectivity index (χ0) is 13.0. The minimum Gasteiger partial charge on any atom is -0.365 e. The molecule has 0 N–H and O–H groups in total. The normalized spacial score (nSPS) is 11.6. The van der Waals surface area contributed by atoms with Crippen molar-refractivity contribution < 1.29 is 9.31 Å². The number of nitrogens with zero attached hydrogens (tertiary/aromatic N) is 3. The van der Waals surface area contributed by atoms with Crippen molar-refractivity contribution in [2.75, 3.05) is 11.9 Å². The number of nitriles is 1.